The van der Waals surface area contributed by atoms with Crippen molar-refractivity contribution >= 4 is 0 Å². The van der Waals surface area contributed by atoms with Crippen molar-refractivity contribution in [1.29, 1.82) is 0 Å². The molecule has 0 aliphatic rings. The summed E-state index contributed by atoms with van der Waals surface area (Å²) in [6.07, 6.45) is 0. The monoisotopic (exact) mass is 227 g/mol. The Bertz CT molecular complexity index is 441. The van der Waals surface area contributed by atoms with Crippen LogP contribution in [0.25, 0.3) is 0 Å². The number of nitrogens with zero attached hydrogens (tertiary/aromatic N) is 1. The molecule has 0 fully saturated rings. The van der Waals surface area contributed by atoms with E-state index in [1.165, 1.54) is 5.06 Å². The molecule has 0 amide bonds. The Kier molecular flexibility index (Phi) is 3.91. The summed E-state index contributed by atoms with van der Waals surface area (Å²) in [6.45, 7) is 2.54. The summed E-state index contributed by atoms with van der Waals surface area (Å²) in [5.74, 6) is 0. The van der Waals surface area contributed by atoms with Crippen molar-refractivity contribution in [2.75, 3.05) is 0 Å². The summed E-state index contributed by atoms with van der Waals surface area (Å²) < 4.78 is 0. The molecule has 2 nitrogen and oxygen atoms in total. The molecule has 0 aliphatic heterocycles. The van der Waals surface area contributed by atoms with Crippen LogP contribution in [0.15, 0.2) is 60.7 Å². The summed E-state index contributed by atoms with van der Waals surface area (Å²) in [6, 6.07) is 20.0. The van der Waals surface area contributed by atoms with Gasteiger partial charge in [-0.2, -0.15) is 5.06 Å². The summed E-state index contributed by atoms with van der Waals surface area (Å²) in [4.78, 5) is 0. The highest BCUT2D eigenvalue weighted by atomic mass is 16.5. The largest absolute Gasteiger partial charge is 0.313 e. The van der Waals surface area contributed by atoms with E-state index in [1.807, 2.05) is 67.6 Å². The third kappa shape index (κ3) is 3.16. The molecule has 0 aromatic heterocycles. The fraction of sp³-hybridized carbons (Fsp3) is 0.200. The highest BCUT2D eigenvalue weighted by Gasteiger charge is 2.13. The Morgan fingerprint density at radius 2 is 1.47 bits per heavy atom. The van der Waals surface area contributed by atoms with Crippen molar-refractivity contribution in [2.45, 2.75) is 19.5 Å². The smallest absolute Gasteiger partial charge is 0.0575 e. The maximum Gasteiger partial charge on any atom is 0.0575 e. The maximum absolute atomic E-state index is 10.1. The van der Waals surface area contributed by atoms with Gasteiger partial charge in [-0.25, -0.2) is 0 Å². The zero-order valence-corrected chi connectivity index (χ0v) is 9.95. The molecule has 0 bridgehead atoms. The fourth-order valence-electron chi connectivity index (χ4n) is 1.81. The lowest BCUT2D eigenvalue weighted by Gasteiger charge is -2.22. The maximum atomic E-state index is 10.1. The van der Waals surface area contributed by atoms with Gasteiger partial charge in [-0.15, -0.1) is 0 Å². The van der Waals surface area contributed by atoms with Gasteiger partial charge in [0.25, 0.3) is 0 Å². The second kappa shape index (κ2) is 5.62. The lowest BCUT2D eigenvalue weighted by molar-refractivity contribution is -0.132. The van der Waals surface area contributed by atoms with Crippen LogP contribution in [0.2, 0.25) is 0 Å². The minimum atomic E-state index is -0.00333. The fourth-order valence-corrected chi connectivity index (χ4v) is 1.81. The molecule has 0 aliphatic carbocycles. The second-order valence-electron chi connectivity index (χ2n) is 4.17. The van der Waals surface area contributed by atoms with Gasteiger partial charge in [-0.3, -0.25) is 0 Å². The van der Waals surface area contributed by atoms with Crippen LogP contribution in [0.1, 0.15) is 24.1 Å². The zero-order chi connectivity index (χ0) is 12.1. The van der Waals surface area contributed by atoms with Crippen molar-refractivity contribution in [3.05, 3.63) is 71.8 Å². The number of rotatable bonds is 4. The number of hydroxylamine groups is 2. The Balaban J connectivity index is 2.03. The Labute approximate surface area is 102 Å². The van der Waals surface area contributed by atoms with Gasteiger partial charge in [0.2, 0.25) is 0 Å². The Morgan fingerprint density at radius 3 is 2.06 bits per heavy atom. The van der Waals surface area contributed by atoms with Gasteiger partial charge in [0.1, 0.15) is 0 Å². The van der Waals surface area contributed by atoms with Crippen molar-refractivity contribution in [2.24, 2.45) is 0 Å². The van der Waals surface area contributed by atoms with E-state index in [-0.39, 0.29) is 6.04 Å². The van der Waals surface area contributed by atoms with Crippen LogP contribution in [0, 0.1) is 0 Å². The van der Waals surface area contributed by atoms with Crippen LogP contribution in [0.5, 0.6) is 0 Å². The molecule has 0 radical (unpaired) electrons. The zero-order valence-electron chi connectivity index (χ0n) is 9.95. The summed E-state index contributed by atoms with van der Waals surface area (Å²) in [7, 11) is 0. The number of benzene rings is 2. The van der Waals surface area contributed by atoms with Crippen LogP contribution in [0.3, 0.4) is 0 Å². The van der Waals surface area contributed by atoms with Gasteiger partial charge in [0.15, 0.2) is 0 Å². The van der Waals surface area contributed by atoms with Gasteiger partial charge in [0.05, 0.1) is 6.04 Å². The predicted molar refractivity (Wildman–Crippen MR) is 68.6 cm³/mol. The van der Waals surface area contributed by atoms with Crippen molar-refractivity contribution in [1.82, 2.24) is 5.06 Å². The standard InChI is InChI=1S/C15H17NO/c1-13(15-10-6-3-7-11-15)16(17)12-14-8-4-2-5-9-14/h2-11,13,17H,12H2,1H3/t13-/m1/s1. The molecule has 17 heavy (non-hydrogen) atoms. The number of hydrogen-bond donors (Lipinski definition) is 1. The number of hydrogen-bond acceptors (Lipinski definition) is 2. The molecule has 2 heteroatoms. The van der Waals surface area contributed by atoms with E-state index in [2.05, 4.69) is 0 Å². The molecule has 2 aromatic rings. The average molecular weight is 227 g/mol. The molecular formula is C15H17NO. The van der Waals surface area contributed by atoms with E-state index >= 15 is 0 Å². The Hall–Kier alpha value is -1.64. The van der Waals surface area contributed by atoms with Crippen molar-refractivity contribution in [3.63, 3.8) is 0 Å². The first kappa shape index (κ1) is 11.8. The molecule has 2 aromatic carbocycles. The van der Waals surface area contributed by atoms with E-state index < -0.39 is 0 Å². The van der Waals surface area contributed by atoms with Crippen LogP contribution in [-0.2, 0) is 6.54 Å². The Morgan fingerprint density at radius 1 is 0.941 bits per heavy atom. The third-order valence-electron chi connectivity index (χ3n) is 2.92. The summed E-state index contributed by atoms with van der Waals surface area (Å²) in [5, 5.41) is 11.4. The van der Waals surface area contributed by atoms with Gasteiger partial charge in [-0.1, -0.05) is 60.7 Å². The quantitative estimate of drug-likeness (QED) is 0.806. The van der Waals surface area contributed by atoms with Gasteiger partial charge >= 0.3 is 0 Å². The topological polar surface area (TPSA) is 23.5 Å². The van der Waals surface area contributed by atoms with E-state index in [1.54, 1.807) is 0 Å². The van der Waals surface area contributed by atoms with Crippen LogP contribution in [-0.4, -0.2) is 10.3 Å². The molecule has 88 valence electrons. The third-order valence-corrected chi connectivity index (χ3v) is 2.92. The summed E-state index contributed by atoms with van der Waals surface area (Å²) >= 11 is 0. The van der Waals surface area contributed by atoms with Crippen molar-refractivity contribution in [3.8, 4) is 0 Å². The lowest BCUT2D eigenvalue weighted by Crippen LogP contribution is -2.22. The van der Waals surface area contributed by atoms with Gasteiger partial charge in [-0.05, 0) is 18.1 Å². The van der Waals surface area contributed by atoms with Crippen molar-refractivity contribution < 1.29 is 5.21 Å². The second-order valence-corrected chi connectivity index (χ2v) is 4.17. The minimum absolute atomic E-state index is 0.00333. The van der Waals surface area contributed by atoms with Crippen LogP contribution in [0.4, 0.5) is 0 Å². The van der Waals surface area contributed by atoms with Crippen LogP contribution >= 0.6 is 0 Å². The van der Waals surface area contributed by atoms with E-state index in [0.29, 0.717) is 6.54 Å². The first-order valence-electron chi connectivity index (χ1n) is 5.82. The van der Waals surface area contributed by atoms with E-state index in [9.17, 15) is 5.21 Å². The molecule has 0 spiro atoms. The van der Waals surface area contributed by atoms with E-state index in [4.69, 9.17) is 0 Å². The molecule has 1 N–H and O–H groups in total. The lowest BCUT2D eigenvalue weighted by atomic mass is 10.1. The highest BCUT2D eigenvalue weighted by Crippen LogP contribution is 2.19. The van der Waals surface area contributed by atoms with Crippen LogP contribution < -0.4 is 0 Å². The normalized spacial score (nSPS) is 12.6. The minimum Gasteiger partial charge on any atom is -0.313 e. The van der Waals surface area contributed by atoms with Gasteiger partial charge in [0, 0.05) is 6.54 Å². The first-order chi connectivity index (χ1) is 8.27. The molecule has 0 heterocycles. The van der Waals surface area contributed by atoms with Gasteiger partial charge < -0.3 is 5.21 Å². The molecule has 2 rings (SSSR count). The molecule has 1 atom stereocenters. The summed E-state index contributed by atoms with van der Waals surface area (Å²) in [5.41, 5.74) is 2.23. The first-order valence-corrected chi connectivity index (χ1v) is 5.82. The molecule has 0 saturated carbocycles. The average Bonchev–Trinajstić information content (AvgIpc) is 2.40. The SMILES string of the molecule is C[C@H](c1ccccc1)N(O)Cc1ccccc1. The highest BCUT2D eigenvalue weighted by molar-refractivity contribution is 5.19. The predicted octanol–water partition coefficient (Wildman–Crippen LogP) is 3.64. The molecule has 0 saturated heterocycles. The molecule has 0 unspecified atom stereocenters. The van der Waals surface area contributed by atoms with E-state index in [0.717, 1.165) is 11.1 Å². The molecular weight excluding hydrogens is 210 g/mol.